The molecule has 1 aromatic carbocycles. The molecule has 0 radical (unpaired) electrons. The zero-order chi connectivity index (χ0) is 15.1. The molecule has 0 aliphatic rings. The van der Waals surface area contributed by atoms with Crippen LogP contribution in [0.2, 0.25) is 0 Å². The van der Waals surface area contributed by atoms with Gasteiger partial charge in [0, 0.05) is 37.6 Å². The highest BCUT2D eigenvalue weighted by Gasteiger charge is 2.07. The molecule has 0 saturated carbocycles. The van der Waals surface area contributed by atoms with Crippen molar-refractivity contribution in [1.82, 2.24) is 9.78 Å². The second-order valence-corrected chi connectivity index (χ2v) is 4.70. The van der Waals surface area contributed by atoms with Crippen LogP contribution in [0, 0.1) is 11.3 Å². The van der Waals surface area contributed by atoms with E-state index in [2.05, 4.69) is 11.2 Å². The molecule has 21 heavy (non-hydrogen) atoms. The summed E-state index contributed by atoms with van der Waals surface area (Å²) in [6.45, 7) is 1.56. The minimum atomic E-state index is 0.347. The number of benzene rings is 1. The number of aryl methyl sites for hydroxylation is 1. The topological polar surface area (TPSA) is 60.1 Å². The van der Waals surface area contributed by atoms with Crippen molar-refractivity contribution in [2.45, 2.75) is 19.4 Å². The van der Waals surface area contributed by atoms with E-state index in [1.165, 1.54) is 0 Å². The second-order valence-electron chi connectivity index (χ2n) is 4.70. The van der Waals surface area contributed by atoms with E-state index in [9.17, 15) is 0 Å². The third-order valence-corrected chi connectivity index (χ3v) is 3.26. The van der Waals surface area contributed by atoms with Gasteiger partial charge in [-0.3, -0.25) is 4.68 Å². The van der Waals surface area contributed by atoms with E-state index >= 15 is 0 Å². The Labute approximate surface area is 124 Å². The van der Waals surface area contributed by atoms with Crippen LogP contribution >= 0.6 is 0 Å². The Morgan fingerprint density at radius 2 is 2.14 bits per heavy atom. The van der Waals surface area contributed by atoms with E-state index in [0.29, 0.717) is 6.42 Å². The van der Waals surface area contributed by atoms with Crippen LogP contribution in [0.15, 0.2) is 30.6 Å². The quantitative estimate of drug-likeness (QED) is 0.734. The first-order valence-electron chi connectivity index (χ1n) is 6.84. The molecule has 0 N–H and O–H groups in total. The van der Waals surface area contributed by atoms with Crippen LogP contribution in [0.5, 0.6) is 5.75 Å². The van der Waals surface area contributed by atoms with Crippen molar-refractivity contribution >= 4 is 0 Å². The summed E-state index contributed by atoms with van der Waals surface area (Å²) in [7, 11) is 3.32. The lowest BCUT2D eigenvalue weighted by atomic mass is 10.0. The van der Waals surface area contributed by atoms with Crippen molar-refractivity contribution in [2.75, 3.05) is 20.8 Å². The van der Waals surface area contributed by atoms with Crippen molar-refractivity contribution < 1.29 is 9.47 Å². The minimum Gasteiger partial charge on any atom is -0.496 e. The van der Waals surface area contributed by atoms with Gasteiger partial charge in [0.15, 0.2) is 0 Å². The standard InChI is InChI=1S/C16H19N3O2/c1-20-9-3-8-19-12-15(11-18-19)14-5-4-13(6-7-17)16(10-14)21-2/h4-5,10-12H,3,6,8-9H2,1-2H3. The average Bonchev–Trinajstić information content (AvgIpc) is 2.97. The summed E-state index contributed by atoms with van der Waals surface area (Å²) in [5, 5.41) is 13.1. The Bertz CT molecular complexity index is 629. The fourth-order valence-corrected chi connectivity index (χ4v) is 2.16. The fourth-order valence-electron chi connectivity index (χ4n) is 2.16. The molecule has 0 unspecified atom stereocenters. The molecule has 1 aromatic heterocycles. The van der Waals surface area contributed by atoms with E-state index in [1.807, 2.05) is 35.3 Å². The number of methoxy groups -OCH3 is 2. The van der Waals surface area contributed by atoms with Crippen LogP contribution in [0.4, 0.5) is 0 Å². The highest BCUT2D eigenvalue weighted by molar-refractivity contribution is 5.65. The van der Waals surface area contributed by atoms with Crippen LogP contribution in [-0.2, 0) is 17.7 Å². The summed E-state index contributed by atoms with van der Waals surface area (Å²) in [6, 6.07) is 8.01. The fraction of sp³-hybridized carbons (Fsp3) is 0.375. The van der Waals surface area contributed by atoms with E-state index in [-0.39, 0.29) is 0 Å². The van der Waals surface area contributed by atoms with Crippen LogP contribution in [0.25, 0.3) is 11.1 Å². The van der Waals surface area contributed by atoms with Gasteiger partial charge in [-0.05, 0) is 18.1 Å². The third-order valence-electron chi connectivity index (χ3n) is 3.26. The van der Waals surface area contributed by atoms with Crippen LogP contribution < -0.4 is 4.74 Å². The maximum atomic E-state index is 8.80. The minimum absolute atomic E-state index is 0.347. The predicted molar refractivity (Wildman–Crippen MR) is 80.0 cm³/mol. The van der Waals surface area contributed by atoms with Gasteiger partial charge in [0.2, 0.25) is 0 Å². The van der Waals surface area contributed by atoms with E-state index in [1.54, 1.807) is 14.2 Å². The second kappa shape index (κ2) is 7.46. The molecule has 0 bridgehead atoms. The Morgan fingerprint density at radius 3 is 2.86 bits per heavy atom. The van der Waals surface area contributed by atoms with E-state index in [4.69, 9.17) is 14.7 Å². The maximum absolute atomic E-state index is 8.80. The SMILES string of the molecule is COCCCn1cc(-c2ccc(CC#N)c(OC)c2)cn1. The normalized spacial score (nSPS) is 10.3. The van der Waals surface area contributed by atoms with Gasteiger partial charge in [-0.2, -0.15) is 10.4 Å². The monoisotopic (exact) mass is 285 g/mol. The molecule has 1 heterocycles. The number of rotatable bonds is 7. The molecule has 0 aliphatic carbocycles. The molecule has 0 aliphatic heterocycles. The number of hydrogen-bond donors (Lipinski definition) is 0. The number of nitrogens with zero attached hydrogens (tertiary/aromatic N) is 3. The summed E-state index contributed by atoms with van der Waals surface area (Å²) >= 11 is 0. The van der Waals surface area contributed by atoms with Gasteiger partial charge >= 0.3 is 0 Å². The molecule has 0 atom stereocenters. The van der Waals surface area contributed by atoms with Crippen molar-refractivity contribution in [2.24, 2.45) is 0 Å². The molecular weight excluding hydrogens is 266 g/mol. The van der Waals surface area contributed by atoms with Gasteiger partial charge in [-0.1, -0.05) is 12.1 Å². The van der Waals surface area contributed by atoms with Crippen LogP contribution in [-0.4, -0.2) is 30.6 Å². The van der Waals surface area contributed by atoms with Gasteiger partial charge in [0.1, 0.15) is 5.75 Å². The Morgan fingerprint density at radius 1 is 1.29 bits per heavy atom. The van der Waals surface area contributed by atoms with E-state index < -0.39 is 0 Å². The predicted octanol–water partition coefficient (Wildman–Crippen LogP) is 2.66. The lowest BCUT2D eigenvalue weighted by molar-refractivity contribution is 0.189. The zero-order valence-corrected chi connectivity index (χ0v) is 12.4. The first-order chi connectivity index (χ1) is 10.3. The zero-order valence-electron chi connectivity index (χ0n) is 12.4. The highest BCUT2D eigenvalue weighted by atomic mass is 16.5. The molecule has 0 saturated heterocycles. The van der Waals surface area contributed by atoms with Crippen molar-refractivity contribution in [1.29, 1.82) is 5.26 Å². The Kier molecular flexibility index (Phi) is 5.35. The summed E-state index contributed by atoms with van der Waals surface area (Å²) in [6.07, 6.45) is 5.13. The average molecular weight is 285 g/mol. The highest BCUT2D eigenvalue weighted by Crippen LogP contribution is 2.27. The van der Waals surface area contributed by atoms with Gasteiger partial charge < -0.3 is 9.47 Å². The van der Waals surface area contributed by atoms with Gasteiger partial charge in [0.25, 0.3) is 0 Å². The van der Waals surface area contributed by atoms with Gasteiger partial charge in [0.05, 0.1) is 25.8 Å². The smallest absolute Gasteiger partial charge is 0.123 e. The molecule has 110 valence electrons. The summed E-state index contributed by atoms with van der Waals surface area (Å²) in [5.41, 5.74) is 2.97. The maximum Gasteiger partial charge on any atom is 0.123 e. The molecule has 2 aromatic rings. The van der Waals surface area contributed by atoms with E-state index in [0.717, 1.165) is 42.0 Å². The Balaban J connectivity index is 2.16. The largest absolute Gasteiger partial charge is 0.496 e. The molecular formula is C16H19N3O2. The van der Waals surface area contributed by atoms with Crippen LogP contribution in [0.3, 0.4) is 0 Å². The molecule has 0 amide bonds. The first-order valence-corrected chi connectivity index (χ1v) is 6.84. The molecule has 5 nitrogen and oxygen atoms in total. The van der Waals surface area contributed by atoms with Crippen molar-refractivity contribution in [3.8, 4) is 22.9 Å². The van der Waals surface area contributed by atoms with Gasteiger partial charge in [-0.25, -0.2) is 0 Å². The first kappa shape index (κ1) is 15.1. The van der Waals surface area contributed by atoms with Gasteiger partial charge in [-0.15, -0.1) is 0 Å². The lowest BCUT2D eigenvalue weighted by Gasteiger charge is -2.07. The lowest BCUT2D eigenvalue weighted by Crippen LogP contribution is -2.01. The van der Waals surface area contributed by atoms with Crippen molar-refractivity contribution in [3.05, 3.63) is 36.2 Å². The molecule has 0 spiro atoms. The molecule has 2 rings (SSSR count). The number of aromatic nitrogens is 2. The third kappa shape index (κ3) is 3.83. The van der Waals surface area contributed by atoms with Crippen LogP contribution in [0.1, 0.15) is 12.0 Å². The number of hydrogen-bond acceptors (Lipinski definition) is 4. The summed E-state index contributed by atoms with van der Waals surface area (Å²) in [4.78, 5) is 0. The number of nitriles is 1. The molecule has 5 heteroatoms. The molecule has 0 fully saturated rings. The van der Waals surface area contributed by atoms with Crippen molar-refractivity contribution in [3.63, 3.8) is 0 Å². The summed E-state index contributed by atoms with van der Waals surface area (Å²) < 4.78 is 12.3. The summed E-state index contributed by atoms with van der Waals surface area (Å²) in [5.74, 6) is 0.737. The number of ether oxygens (including phenoxy) is 2. The Hall–Kier alpha value is -2.32.